The number of benzene rings is 3. The van der Waals surface area contributed by atoms with Crippen molar-refractivity contribution in [2.45, 2.75) is 11.8 Å². The van der Waals surface area contributed by atoms with Gasteiger partial charge in [0.1, 0.15) is 12.4 Å². The Labute approximate surface area is 171 Å². The lowest BCUT2D eigenvalue weighted by atomic mass is 10.2. The van der Waals surface area contributed by atoms with E-state index in [4.69, 9.17) is 0 Å². The fraction of sp³-hybridized carbons (Fsp3) is 0.0952. The molecule has 5 nitrogen and oxygen atoms in total. The molecule has 0 aliphatic heterocycles. The van der Waals surface area contributed by atoms with E-state index in [9.17, 15) is 26.4 Å². The molecule has 0 bridgehead atoms. The summed E-state index contributed by atoms with van der Waals surface area (Å²) in [7, 11) is -4.17. The first-order valence-corrected chi connectivity index (χ1v) is 10.2. The number of nitrogens with one attached hydrogen (secondary N) is 1. The first-order chi connectivity index (χ1) is 14.2. The van der Waals surface area contributed by atoms with Crippen LogP contribution in [0.1, 0.15) is 5.56 Å². The molecule has 3 aromatic carbocycles. The minimum Gasteiger partial charge on any atom is -0.324 e. The van der Waals surface area contributed by atoms with Gasteiger partial charge in [0.05, 0.1) is 10.6 Å². The number of aryl methyl sites for hydroxylation is 1. The van der Waals surface area contributed by atoms with Crippen molar-refractivity contribution in [1.82, 2.24) is 0 Å². The van der Waals surface area contributed by atoms with E-state index in [0.717, 1.165) is 40.2 Å². The average molecular weight is 434 g/mol. The molecule has 3 aromatic rings. The highest BCUT2D eigenvalue weighted by molar-refractivity contribution is 7.92. The van der Waals surface area contributed by atoms with Gasteiger partial charge in [-0.1, -0.05) is 17.7 Å². The fourth-order valence-electron chi connectivity index (χ4n) is 2.66. The van der Waals surface area contributed by atoms with Gasteiger partial charge in [-0.2, -0.15) is 0 Å². The lowest BCUT2D eigenvalue weighted by Gasteiger charge is -2.24. The summed E-state index contributed by atoms with van der Waals surface area (Å²) in [5.74, 6) is -3.60. The van der Waals surface area contributed by atoms with E-state index >= 15 is 0 Å². The van der Waals surface area contributed by atoms with E-state index in [1.807, 2.05) is 0 Å². The van der Waals surface area contributed by atoms with Crippen LogP contribution in [0.2, 0.25) is 0 Å². The van der Waals surface area contributed by atoms with Gasteiger partial charge in [-0.15, -0.1) is 0 Å². The van der Waals surface area contributed by atoms with Crippen molar-refractivity contribution >= 4 is 27.3 Å². The number of anilines is 2. The van der Waals surface area contributed by atoms with Crippen LogP contribution in [-0.2, 0) is 14.8 Å². The summed E-state index contributed by atoms with van der Waals surface area (Å²) in [5, 5.41) is 2.33. The summed E-state index contributed by atoms with van der Waals surface area (Å²) in [6.07, 6.45) is 0. The number of rotatable bonds is 6. The first-order valence-electron chi connectivity index (χ1n) is 8.77. The zero-order chi connectivity index (χ0) is 21.9. The van der Waals surface area contributed by atoms with Crippen LogP contribution in [-0.4, -0.2) is 20.9 Å². The molecule has 0 aromatic heterocycles. The van der Waals surface area contributed by atoms with Crippen LogP contribution in [0.3, 0.4) is 0 Å². The zero-order valence-electron chi connectivity index (χ0n) is 15.8. The third kappa shape index (κ3) is 4.80. The molecular formula is C21H17F3N2O3S. The van der Waals surface area contributed by atoms with Crippen molar-refractivity contribution < 1.29 is 26.4 Å². The smallest absolute Gasteiger partial charge is 0.264 e. The third-order valence-corrected chi connectivity index (χ3v) is 6.00. The number of sulfonamides is 1. The lowest BCUT2D eigenvalue weighted by molar-refractivity contribution is -0.114. The Balaban J connectivity index is 1.93. The van der Waals surface area contributed by atoms with E-state index in [1.54, 1.807) is 19.1 Å². The minimum absolute atomic E-state index is 0.0364. The highest BCUT2D eigenvalue weighted by Gasteiger charge is 2.27. The van der Waals surface area contributed by atoms with Gasteiger partial charge in [0.15, 0.2) is 11.6 Å². The summed E-state index contributed by atoms with van der Waals surface area (Å²) in [6, 6.07) is 13.4. The van der Waals surface area contributed by atoms with E-state index in [2.05, 4.69) is 5.32 Å². The number of carbonyl (C=O) groups excluding carboxylic acids is 1. The molecule has 0 atom stereocenters. The highest BCUT2D eigenvalue weighted by Crippen LogP contribution is 2.24. The van der Waals surface area contributed by atoms with Crippen LogP contribution in [0.25, 0.3) is 0 Å². The number of halogens is 3. The van der Waals surface area contributed by atoms with E-state index in [-0.39, 0.29) is 16.3 Å². The lowest BCUT2D eigenvalue weighted by Crippen LogP contribution is -2.38. The molecule has 0 heterocycles. The molecule has 0 aliphatic rings. The first kappa shape index (κ1) is 21.4. The van der Waals surface area contributed by atoms with Crippen LogP contribution in [0, 0.1) is 24.4 Å². The SMILES string of the molecule is Cc1ccc(S(=O)(=O)N(CC(=O)Nc2ccc(F)c(F)c2)c2ccc(F)cc2)cc1. The van der Waals surface area contributed by atoms with Crippen molar-refractivity contribution in [3.05, 3.63) is 89.7 Å². The summed E-state index contributed by atoms with van der Waals surface area (Å²) in [6.45, 7) is 1.13. The Hall–Kier alpha value is -3.33. The molecule has 0 saturated carbocycles. The standard InChI is InChI=1S/C21H17F3N2O3S/c1-14-2-9-18(10-3-14)30(28,29)26(17-7-4-15(22)5-8-17)13-21(27)25-16-6-11-19(23)20(24)12-16/h2-12H,13H2,1H3,(H,25,27). The molecule has 0 spiro atoms. The molecule has 30 heavy (non-hydrogen) atoms. The van der Waals surface area contributed by atoms with Gasteiger partial charge in [0, 0.05) is 11.8 Å². The zero-order valence-corrected chi connectivity index (χ0v) is 16.6. The molecule has 0 saturated heterocycles. The number of amides is 1. The number of carbonyl (C=O) groups is 1. The largest absolute Gasteiger partial charge is 0.324 e. The van der Waals surface area contributed by atoms with Crippen molar-refractivity contribution in [3.63, 3.8) is 0 Å². The van der Waals surface area contributed by atoms with E-state index in [0.29, 0.717) is 0 Å². The second kappa shape index (κ2) is 8.58. The monoisotopic (exact) mass is 434 g/mol. The predicted molar refractivity (Wildman–Crippen MR) is 107 cm³/mol. The van der Waals surface area contributed by atoms with Crippen LogP contribution in [0.15, 0.2) is 71.6 Å². The number of hydrogen-bond donors (Lipinski definition) is 1. The predicted octanol–water partition coefficient (Wildman–Crippen LogP) is 4.25. The molecule has 1 amide bonds. The second-order valence-electron chi connectivity index (χ2n) is 6.48. The Morgan fingerprint density at radius 3 is 2.13 bits per heavy atom. The van der Waals surface area contributed by atoms with Crippen molar-refractivity contribution in [1.29, 1.82) is 0 Å². The van der Waals surface area contributed by atoms with Crippen LogP contribution >= 0.6 is 0 Å². The van der Waals surface area contributed by atoms with Crippen LogP contribution in [0.5, 0.6) is 0 Å². The van der Waals surface area contributed by atoms with E-state index in [1.165, 1.54) is 24.3 Å². The second-order valence-corrected chi connectivity index (χ2v) is 8.34. The molecule has 0 unspecified atom stereocenters. The summed E-state index contributed by atoms with van der Waals surface area (Å²) < 4.78 is 66.9. The van der Waals surface area contributed by atoms with Crippen molar-refractivity contribution in [3.8, 4) is 0 Å². The molecule has 156 valence electrons. The maximum absolute atomic E-state index is 13.4. The summed E-state index contributed by atoms with van der Waals surface area (Å²) >= 11 is 0. The molecular weight excluding hydrogens is 417 g/mol. The summed E-state index contributed by atoms with van der Waals surface area (Å²) in [5.41, 5.74) is 0.876. The average Bonchev–Trinajstić information content (AvgIpc) is 2.70. The van der Waals surface area contributed by atoms with E-state index < -0.39 is 39.9 Å². The summed E-state index contributed by atoms with van der Waals surface area (Å²) in [4.78, 5) is 12.4. The van der Waals surface area contributed by atoms with Crippen molar-refractivity contribution in [2.24, 2.45) is 0 Å². The Morgan fingerprint density at radius 2 is 1.53 bits per heavy atom. The van der Waals surface area contributed by atoms with Gasteiger partial charge in [0.2, 0.25) is 5.91 Å². The van der Waals surface area contributed by atoms with Gasteiger partial charge in [-0.05, 0) is 55.5 Å². The quantitative estimate of drug-likeness (QED) is 0.631. The maximum atomic E-state index is 13.4. The van der Waals surface area contributed by atoms with Gasteiger partial charge in [-0.25, -0.2) is 21.6 Å². The third-order valence-electron chi connectivity index (χ3n) is 4.21. The topological polar surface area (TPSA) is 66.5 Å². The van der Waals surface area contributed by atoms with Gasteiger partial charge >= 0.3 is 0 Å². The normalized spacial score (nSPS) is 11.2. The number of nitrogens with zero attached hydrogens (tertiary/aromatic N) is 1. The Morgan fingerprint density at radius 1 is 0.900 bits per heavy atom. The minimum atomic E-state index is -4.17. The highest BCUT2D eigenvalue weighted by atomic mass is 32.2. The van der Waals surface area contributed by atoms with Crippen LogP contribution < -0.4 is 9.62 Å². The molecule has 9 heteroatoms. The van der Waals surface area contributed by atoms with Crippen LogP contribution in [0.4, 0.5) is 24.5 Å². The molecule has 1 N–H and O–H groups in total. The molecule has 0 radical (unpaired) electrons. The van der Waals surface area contributed by atoms with Gasteiger partial charge < -0.3 is 5.32 Å². The van der Waals surface area contributed by atoms with Gasteiger partial charge in [-0.3, -0.25) is 9.10 Å². The molecule has 0 fully saturated rings. The molecule has 3 rings (SSSR count). The van der Waals surface area contributed by atoms with Crippen molar-refractivity contribution in [2.75, 3.05) is 16.2 Å². The number of hydrogen-bond acceptors (Lipinski definition) is 3. The maximum Gasteiger partial charge on any atom is 0.264 e. The Bertz CT molecular complexity index is 1170. The van der Waals surface area contributed by atoms with Gasteiger partial charge in [0.25, 0.3) is 10.0 Å². The molecule has 0 aliphatic carbocycles. The Kier molecular flexibility index (Phi) is 6.12. The fourth-order valence-corrected chi connectivity index (χ4v) is 4.09.